The van der Waals surface area contributed by atoms with Crippen LogP contribution >= 0.6 is 11.3 Å². The van der Waals surface area contributed by atoms with Crippen molar-refractivity contribution in [2.75, 3.05) is 0 Å². The summed E-state index contributed by atoms with van der Waals surface area (Å²) in [5, 5.41) is 6.20. The lowest BCUT2D eigenvalue weighted by Gasteiger charge is -2.20. The van der Waals surface area contributed by atoms with Gasteiger partial charge < -0.3 is 0 Å². The third-order valence-corrected chi connectivity index (χ3v) is 7.27. The lowest BCUT2D eigenvalue weighted by Crippen LogP contribution is -2.10. The number of fused-ring (bicyclic) bond motifs is 5. The van der Waals surface area contributed by atoms with Gasteiger partial charge in [-0.05, 0) is 44.7 Å². The van der Waals surface area contributed by atoms with Crippen molar-refractivity contribution in [3.05, 3.63) is 84.7 Å². The summed E-state index contributed by atoms with van der Waals surface area (Å²) in [4.78, 5) is 9.45. The molecule has 0 fully saturated rings. The molecule has 0 N–H and O–H groups in total. The summed E-state index contributed by atoms with van der Waals surface area (Å²) in [5.41, 5.74) is 4.70. The molecule has 6 aromatic rings. The smallest absolute Gasteiger partial charge is 0.116 e. The van der Waals surface area contributed by atoms with Gasteiger partial charge in [-0.3, -0.25) is 0 Å². The summed E-state index contributed by atoms with van der Waals surface area (Å²) in [6.07, 6.45) is 1.71. The van der Waals surface area contributed by atoms with Gasteiger partial charge in [-0.15, -0.1) is 11.3 Å². The Morgan fingerprint density at radius 1 is 0.710 bits per heavy atom. The van der Waals surface area contributed by atoms with Crippen molar-refractivity contribution in [3.8, 4) is 11.3 Å². The Balaban J connectivity index is 1.64. The van der Waals surface area contributed by atoms with Gasteiger partial charge in [0.2, 0.25) is 0 Å². The molecular formula is C28H22N2S. The molecular weight excluding hydrogens is 396 g/mol. The normalized spacial score (nSPS) is 12.4. The zero-order valence-corrected chi connectivity index (χ0v) is 18.6. The lowest BCUT2D eigenvalue weighted by molar-refractivity contribution is 0.591. The Hall–Kier alpha value is -3.30. The SMILES string of the molecule is CC(C)(C)c1ccc2c(-c3ncnc4c3sc3cc5ccccc5cc34)cccc2c1. The van der Waals surface area contributed by atoms with E-state index in [1.807, 2.05) is 0 Å². The molecule has 6 rings (SSSR count). The van der Waals surface area contributed by atoms with E-state index in [9.17, 15) is 0 Å². The highest BCUT2D eigenvalue weighted by Gasteiger charge is 2.17. The summed E-state index contributed by atoms with van der Waals surface area (Å²) >= 11 is 1.79. The van der Waals surface area contributed by atoms with Gasteiger partial charge in [-0.1, -0.05) is 81.4 Å². The van der Waals surface area contributed by atoms with Crippen LogP contribution in [0.4, 0.5) is 0 Å². The quantitative estimate of drug-likeness (QED) is 0.269. The fourth-order valence-corrected chi connectivity index (χ4v) is 5.60. The highest BCUT2D eigenvalue weighted by atomic mass is 32.1. The van der Waals surface area contributed by atoms with Gasteiger partial charge in [0.15, 0.2) is 0 Å². The van der Waals surface area contributed by atoms with Crippen LogP contribution in [-0.2, 0) is 5.41 Å². The fourth-order valence-electron chi connectivity index (χ4n) is 4.41. The number of nitrogens with zero attached hydrogens (tertiary/aromatic N) is 2. The first-order chi connectivity index (χ1) is 15.0. The number of aromatic nitrogens is 2. The van der Waals surface area contributed by atoms with E-state index in [-0.39, 0.29) is 5.41 Å². The van der Waals surface area contributed by atoms with Gasteiger partial charge in [-0.2, -0.15) is 0 Å². The van der Waals surface area contributed by atoms with E-state index in [4.69, 9.17) is 4.98 Å². The van der Waals surface area contributed by atoms with Gasteiger partial charge >= 0.3 is 0 Å². The van der Waals surface area contributed by atoms with Crippen molar-refractivity contribution in [3.63, 3.8) is 0 Å². The molecule has 4 aromatic carbocycles. The Labute approximate surface area is 185 Å². The van der Waals surface area contributed by atoms with Crippen molar-refractivity contribution < 1.29 is 0 Å². The van der Waals surface area contributed by atoms with Crippen LogP contribution in [0.25, 0.3) is 53.1 Å². The molecule has 0 bridgehead atoms. The van der Waals surface area contributed by atoms with Crippen LogP contribution in [0, 0.1) is 0 Å². The van der Waals surface area contributed by atoms with Crippen LogP contribution in [0.1, 0.15) is 26.3 Å². The number of benzene rings is 4. The van der Waals surface area contributed by atoms with E-state index in [0.29, 0.717) is 0 Å². The summed E-state index contributed by atoms with van der Waals surface area (Å²) in [6.45, 7) is 6.77. The Morgan fingerprint density at radius 3 is 2.29 bits per heavy atom. The average molecular weight is 419 g/mol. The second-order valence-corrected chi connectivity index (χ2v) is 10.2. The summed E-state index contributed by atoms with van der Waals surface area (Å²) < 4.78 is 2.41. The van der Waals surface area contributed by atoms with Crippen molar-refractivity contribution >= 4 is 53.2 Å². The van der Waals surface area contributed by atoms with Crippen LogP contribution in [0.15, 0.2) is 79.1 Å². The molecule has 0 atom stereocenters. The molecule has 0 saturated heterocycles. The van der Waals surface area contributed by atoms with Crippen molar-refractivity contribution in [2.24, 2.45) is 0 Å². The minimum Gasteiger partial charge on any atom is -0.235 e. The van der Waals surface area contributed by atoms with Crippen LogP contribution in [0.2, 0.25) is 0 Å². The minimum atomic E-state index is 0.125. The van der Waals surface area contributed by atoms with Gasteiger partial charge in [0.05, 0.1) is 15.9 Å². The van der Waals surface area contributed by atoms with Gasteiger partial charge in [0.25, 0.3) is 0 Å². The highest BCUT2D eigenvalue weighted by molar-refractivity contribution is 7.26. The average Bonchev–Trinajstić information content (AvgIpc) is 3.13. The van der Waals surface area contributed by atoms with E-state index in [1.165, 1.54) is 42.8 Å². The van der Waals surface area contributed by atoms with Gasteiger partial charge in [0, 0.05) is 15.6 Å². The predicted octanol–water partition coefficient (Wildman–Crippen LogP) is 8.12. The second kappa shape index (κ2) is 6.60. The van der Waals surface area contributed by atoms with E-state index in [1.54, 1.807) is 17.7 Å². The molecule has 2 aromatic heterocycles. The number of hydrogen-bond donors (Lipinski definition) is 0. The van der Waals surface area contributed by atoms with Crippen LogP contribution in [0.5, 0.6) is 0 Å². The summed E-state index contributed by atoms with van der Waals surface area (Å²) in [6, 6.07) is 26.4. The molecule has 0 unspecified atom stereocenters. The summed E-state index contributed by atoms with van der Waals surface area (Å²) in [7, 11) is 0. The second-order valence-electron chi connectivity index (χ2n) is 9.19. The highest BCUT2D eigenvalue weighted by Crippen LogP contribution is 2.41. The topological polar surface area (TPSA) is 25.8 Å². The maximum absolute atomic E-state index is 4.76. The Morgan fingerprint density at radius 2 is 1.48 bits per heavy atom. The molecule has 2 nitrogen and oxygen atoms in total. The number of rotatable bonds is 1. The molecule has 0 radical (unpaired) electrons. The van der Waals surface area contributed by atoms with Crippen molar-refractivity contribution in [1.82, 2.24) is 9.97 Å². The first-order valence-electron chi connectivity index (χ1n) is 10.6. The monoisotopic (exact) mass is 418 g/mol. The van der Waals surface area contributed by atoms with Crippen molar-refractivity contribution in [2.45, 2.75) is 26.2 Å². The molecule has 3 heteroatoms. The molecule has 31 heavy (non-hydrogen) atoms. The maximum atomic E-state index is 4.76. The Kier molecular flexibility index (Phi) is 3.93. The lowest BCUT2D eigenvalue weighted by atomic mass is 9.85. The van der Waals surface area contributed by atoms with Crippen molar-refractivity contribution in [1.29, 1.82) is 0 Å². The van der Waals surface area contributed by atoms with E-state index < -0.39 is 0 Å². The molecule has 150 valence electrons. The molecule has 0 aliphatic carbocycles. The van der Waals surface area contributed by atoms with Crippen LogP contribution in [-0.4, -0.2) is 9.97 Å². The maximum Gasteiger partial charge on any atom is 0.116 e. The number of thiophene rings is 1. The van der Waals surface area contributed by atoms with Crippen LogP contribution in [0.3, 0.4) is 0 Å². The molecule has 0 saturated carbocycles. The van der Waals surface area contributed by atoms with Crippen LogP contribution < -0.4 is 0 Å². The zero-order chi connectivity index (χ0) is 21.2. The minimum absolute atomic E-state index is 0.125. The largest absolute Gasteiger partial charge is 0.235 e. The fraction of sp³-hybridized carbons (Fsp3) is 0.143. The third kappa shape index (κ3) is 2.92. The molecule has 0 aliphatic rings. The molecule has 0 aliphatic heterocycles. The van der Waals surface area contributed by atoms with Gasteiger partial charge in [0.1, 0.15) is 6.33 Å². The van der Waals surface area contributed by atoms with Gasteiger partial charge in [-0.25, -0.2) is 9.97 Å². The first kappa shape index (κ1) is 18.5. The molecule has 2 heterocycles. The van der Waals surface area contributed by atoms with E-state index >= 15 is 0 Å². The third-order valence-electron chi connectivity index (χ3n) is 6.12. The first-order valence-corrected chi connectivity index (χ1v) is 11.4. The van der Waals surface area contributed by atoms with E-state index in [2.05, 4.69) is 98.6 Å². The molecule has 0 amide bonds. The van der Waals surface area contributed by atoms with E-state index in [0.717, 1.165) is 15.9 Å². The molecule has 0 spiro atoms. The summed E-state index contributed by atoms with van der Waals surface area (Å²) in [5.74, 6) is 0. The number of hydrogen-bond acceptors (Lipinski definition) is 3. The predicted molar refractivity (Wildman–Crippen MR) is 134 cm³/mol. The standard InChI is InChI=1S/C28H22N2S/c1-28(2,3)20-11-12-21-19(13-20)9-6-10-22(21)25-27-26(30-16-29-25)23-14-17-7-4-5-8-18(17)15-24(23)31-27/h4-16H,1-3H3. The zero-order valence-electron chi connectivity index (χ0n) is 17.8. The Bertz CT molecular complexity index is 1620.